The van der Waals surface area contributed by atoms with Gasteiger partial charge >= 0.3 is 6.03 Å². The molecular weight excluding hydrogens is 280 g/mol. The Kier molecular flexibility index (Phi) is 4.73. The lowest BCUT2D eigenvalue weighted by atomic mass is 10.0. The molecule has 114 valence electrons. The third-order valence-corrected chi connectivity index (χ3v) is 3.23. The number of urea groups is 1. The minimum Gasteiger partial charge on any atom is -0.328 e. The van der Waals surface area contributed by atoms with Crippen LogP contribution in [0.25, 0.3) is 0 Å². The van der Waals surface area contributed by atoms with E-state index in [2.05, 4.69) is 20.7 Å². The Hall–Kier alpha value is -2.88. The first-order valence-corrected chi connectivity index (χ1v) is 6.93. The molecule has 2 amide bonds. The largest absolute Gasteiger partial charge is 0.328 e. The third kappa shape index (κ3) is 3.61. The summed E-state index contributed by atoms with van der Waals surface area (Å²) in [4.78, 5) is 16.4. The minimum absolute atomic E-state index is 0.152. The van der Waals surface area contributed by atoms with Crippen molar-refractivity contribution in [2.24, 2.45) is 13.0 Å². The monoisotopic (exact) mass is 298 g/mol. The number of carbonyl (C=O) groups is 1. The van der Waals surface area contributed by atoms with Crippen molar-refractivity contribution in [1.29, 1.82) is 5.26 Å². The maximum absolute atomic E-state index is 12.2. The molecule has 0 aliphatic heterocycles. The van der Waals surface area contributed by atoms with Crippen LogP contribution >= 0.6 is 0 Å². The van der Waals surface area contributed by atoms with Crippen molar-refractivity contribution in [2.45, 2.75) is 19.9 Å². The van der Waals surface area contributed by atoms with Gasteiger partial charge < -0.3 is 10.6 Å². The van der Waals surface area contributed by atoms with Crippen LogP contribution in [0.2, 0.25) is 0 Å². The number of nitrogens with zero attached hydrogens (tertiary/aromatic N) is 4. The van der Waals surface area contributed by atoms with E-state index in [-0.39, 0.29) is 18.0 Å². The van der Waals surface area contributed by atoms with Gasteiger partial charge in [0.1, 0.15) is 12.2 Å². The minimum atomic E-state index is -0.350. The summed E-state index contributed by atoms with van der Waals surface area (Å²) >= 11 is 0. The van der Waals surface area contributed by atoms with Gasteiger partial charge in [0.2, 0.25) is 0 Å². The second-order valence-electron chi connectivity index (χ2n) is 5.25. The van der Waals surface area contributed by atoms with Crippen LogP contribution in [0.15, 0.2) is 30.6 Å². The highest BCUT2D eigenvalue weighted by Crippen LogP contribution is 2.19. The van der Waals surface area contributed by atoms with Crippen LogP contribution in [0.4, 0.5) is 10.5 Å². The van der Waals surface area contributed by atoms with E-state index in [0.717, 1.165) is 0 Å². The Labute approximate surface area is 129 Å². The van der Waals surface area contributed by atoms with Gasteiger partial charge in [-0.25, -0.2) is 9.78 Å². The van der Waals surface area contributed by atoms with E-state index in [1.165, 1.54) is 6.33 Å². The van der Waals surface area contributed by atoms with Crippen molar-refractivity contribution < 1.29 is 4.79 Å². The number of nitrogens with one attached hydrogen (secondary N) is 2. The fourth-order valence-electron chi connectivity index (χ4n) is 2.09. The van der Waals surface area contributed by atoms with Crippen LogP contribution in [0.3, 0.4) is 0 Å². The number of aryl methyl sites for hydroxylation is 1. The summed E-state index contributed by atoms with van der Waals surface area (Å²) in [7, 11) is 1.79. The van der Waals surface area contributed by atoms with Crippen molar-refractivity contribution >= 4 is 11.7 Å². The molecular formula is C15H18N6O. The lowest BCUT2D eigenvalue weighted by molar-refractivity contribution is 0.243. The third-order valence-electron chi connectivity index (χ3n) is 3.23. The topological polar surface area (TPSA) is 95.6 Å². The number of benzene rings is 1. The van der Waals surface area contributed by atoms with Crippen LogP contribution in [0, 0.1) is 17.2 Å². The van der Waals surface area contributed by atoms with Gasteiger partial charge in [-0.15, -0.1) is 0 Å². The van der Waals surface area contributed by atoms with Crippen molar-refractivity contribution in [1.82, 2.24) is 20.1 Å². The molecule has 0 saturated carbocycles. The normalized spacial score (nSPS) is 11.8. The Morgan fingerprint density at radius 2 is 2.18 bits per heavy atom. The van der Waals surface area contributed by atoms with Crippen LogP contribution in [0.1, 0.15) is 31.3 Å². The molecule has 22 heavy (non-hydrogen) atoms. The Morgan fingerprint density at radius 3 is 2.77 bits per heavy atom. The summed E-state index contributed by atoms with van der Waals surface area (Å²) in [6, 6.07) is 8.17. The van der Waals surface area contributed by atoms with E-state index in [1.807, 2.05) is 19.9 Å². The van der Waals surface area contributed by atoms with Gasteiger partial charge in [0.05, 0.1) is 17.7 Å². The number of aromatic nitrogens is 3. The van der Waals surface area contributed by atoms with Crippen molar-refractivity contribution in [3.8, 4) is 6.07 Å². The Bertz CT molecular complexity index is 700. The molecule has 1 atom stereocenters. The van der Waals surface area contributed by atoms with E-state index < -0.39 is 0 Å². The fraction of sp³-hybridized carbons (Fsp3) is 0.333. The Balaban J connectivity index is 2.09. The number of anilines is 1. The molecule has 0 bridgehead atoms. The highest BCUT2D eigenvalue weighted by molar-refractivity contribution is 5.89. The summed E-state index contributed by atoms with van der Waals surface area (Å²) in [5.74, 6) is 0.843. The number of rotatable bonds is 4. The smallest absolute Gasteiger partial charge is 0.319 e. The first-order chi connectivity index (χ1) is 10.5. The zero-order valence-corrected chi connectivity index (χ0v) is 12.7. The first-order valence-electron chi connectivity index (χ1n) is 6.93. The van der Waals surface area contributed by atoms with Gasteiger partial charge in [-0.1, -0.05) is 19.9 Å². The number of hydrogen-bond acceptors (Lipinski definition) is 4. The highest BCUT2D eigenvalue weighted by Gasteiger charge is 2.22. The SMILES string of the molecule is CC(C)[C@@H](NC(=O)Nc1cccc(C#N)c1)c1ncnn1C. The molecule has 0 unspecified atom stereocenters. The number of hydrogen-bond donors (Lipinski definition) is 2. The van der Waals surface area contributed by atoms with E-state index in [9.17, 15) is 4.79 Å². The van der Waals surface area contributed by atoms with Crippen LogP contribution in [-0.2, 0) is 7.05 Å². The van der Waals surface area contributed by atoms with Crippen LogP contribution in [-0.4, -0.2) is 20.8 Å². The molecule has 1 aromatic carbocycles. The zero-order chi connectivity index (χ0) is 16.1. The zero-order valence-electron chi connectivity index (χ0n) is 12.7. The summed E-state index contributed by atoms with van der Waals surface area (Å²) in [5.41, 5.74) is 1.06. The van der Waals surface area contributed by atoms with E-state index in [4.69, 9.17) is 5.26 Å². The molecule has 2 N–H and O–H groups in total. The van der Waals surface area contributed by atoms with Crippen molar-refractivity contribution in [3.63, 3.8) is 0 Å². The number of amides is 2. The number of nitriles is 1. The molecule has 2 rings (SSSR count). The predicted octanol–water partition coefficient (Wildman–Crippen LogP) is 2.21. The molecule has 7 nitrogen and oxygen atoms in total. The molecule has 0 aliphatic rings. The quantitative estimate of drug-likeness (QED) is 0.904. The fourth-order valence-corrected chi connectivity index (χ4v) is 2.09. The maximum Gasteiger partial charge on any atom is 0.319 e. The van der Waals surface area contributed by atoms with Gasteiger partial charge in [0.15, 0.2) is 0 Å². The Morgan fingerprint density at radius 1 is 1.41 bits per heavy atom. The van der Waals surface area contributed by atoms with Crippen LogP contribution in [0.5, 0.6) is 0 Å². The van der Waals surface area contributed by atoms with E-state index in [0.29, 0.717) is 17.1 Å². The van der Waals surface area contributed by atoms with Crippen LogP contribution < -0.4 is 10.6 Å². The molecule has 0 spiro atoms. The lowest BCUT2D eigenvalue weighted by Gasteiger charge is -2.21. The molecule has 0 radical (unpaired) electrons. The molecule has 0 saturated heterocycles. The van der Waals surface area contributed by atoms with E-state index >= 15 is 0 Å². The van der Waals surface area contributed by atoms with Gasteiger partial charge in [0, 0.05) is 12.7 Å². The molecule has 2 aromatic rings. The average molecular weight is 298 g/mol. The van der Waals surface area contributed by atoms with Gasteiger partial charge in [-0.05, 0) is 24.1 Å². The number of carbonyl (C=O) groups excluding carboxylic acids is 1. The van der Waals surface area contributed by atoms with E-state index in [1.54, 1.807) is 36.0 Å². The standard InChI is InChI=1S/C15H18N6O/c1-10(2)13(14-17-9-18-21(14)3)20-15(22)19-12-6-4-5-11(7-12)8-16/h4-7,9-10,13H,1-3H3,(H2,19,20,22)/t13-/m1/s1. The summed E-state index contributed by atoms with van der Waals surface area (Å²) in [6.07, 6.45) is 1.46. The van der Waals surface area contributed by atoms with Gasteiger partial charge in [-0.2, -0.15) is 10.4 Å². The second kappa shape index (κ2) is 6.72. The average Bonchev–Trinajstić information content (AvgIpc) is 2.90. The van der Waals surface area contributed by atoms with Crippen molar-refractivity contribution in [2.75, 3.05) is 5.32 Å². The summed E-state index contributed by atoms with van der Waals surface area (Å²) in [6.45, 7) is 3.99. The molecule has 1 aromatic heterocycles. The van der Waals surface area contributed by atoms with Crippen molar-refractivity contribution in [3.05, 3.63) is 42.0 Å². The molecule has 0 aliphatic carbocycles. The summed E-state index contributed by atoms with van der Waals surface area (Å²) < 4.78 is 1.64. The first kappa shape index (κ1) is 15.5. The molecule has 7 heteroatoms. The predicted molar refractivity (Wildman–Crippen MR) is 81.9 cm³/mol. The molecule has 1 heterocycles. The van der Waals surface area contributed by atoms with Gasteiger partial charge in [0.25, 0.3) is 0 Å². The second-order valence-corrected chi connectivity index (χ2v) is 5.25. The molecule has 0 fully saturated rings. The summed E-state index contributed by atoms with van der Waals surface area (Å²) in [5, 5.41) is 18.5. The highest BCUT2D eigenvalue weighted by atomic mass is 16.2. The van der Waals surface area contributed by atoms with Gasteiger partial charge in [-0.3, -0.25) is 4.68 Å². The lowest BCUT2D eigenvalue weighted by Crippen LogP contribution is -2.36. The maximum atomic E-state index is 12.2.